The summed E-state index contributed by atoms with van der Waals surface area (Å²) in [5.74, 6) is -0.869. The van der Waals surface area contributed by atoms with Crippen molar-refractivity contribution in [2.75, 3.05) is 24.1 Å². The van der Waals surface area contributed by atoms with Crippen LogP contribution in [0.3, 0.4) is 0 Å². The lowest BCUT2D eigenvalue weighted by molar-refractivity contribution is -0.137. The zero-order chi connectivity index (χ0) is 17.7. The van der Waals surface area contributed by atoms with Gasteiger partial charge < -0.3 is 9.64 Å². The smallest absolute Gasteiger partial charge is 0.338 e. The highest BCUT2D eigenvalue weighted by molar-refractivity contribution is 7.92. The summed E-state index contributed by atoms with van der Waals surface area (Å²) in [6, 6.07) is 6.10. The average Bonchev–Trinajstić information content (AvgIpc) is 2.51. The number of anilines is 1. The molecule has 1 fully saturated rings. The summed E-state index contributed by atoms with van der Waals surface area (Å²) >= 11 is 0. The Morgan fingerprint density at radius 2 is 2.08 bits per heavy atom. The maximum absolute atomic E-state index is 12.2. The van der Waals surface area contributed by atoms with Gasteiger partial charge in [-0.3, -0.25) is 9.52 Å². The fraction of sp³-hybridized carbons (Fsp3) is 0.500. The average molecular weight is 354 g/mol. The molecular weight excluding hydrogens is 332 g/mol. The van der Waals surface area contributed by atoms with Crippen molar-refractivity contribution in [3.8, 4) is 0 Å². The maximum atomic E-state index is 12.2. The number of amides is 1. The summed E-state index contributed by atoms with van der Waals surface area (Å²) in [6.45, 7) is 2.36. The Balaban J connectivity index is 1.95. The van der Waals surface area contributed by atoms with E-state index in [1.165, 1.54) is 18.2 Å². The molecule has 1 aromatic carbocycles. The predicted molar refractivity (Wildman–Crippen MR) is 90.2 cm³/mol. The van der Waals surface area contributed by atoms with E-state index >= 15 is 0 Å². The summed E-state index contributed by atoms with van der Waals surface area (Å²) in [6.07, 6.45) is 4.05. The molecule has 0 aromatic heterocycles. The molecule has 1 N–H and O–H groups in total. The number of rotatable bonds is 5. The molecule has 1 saturated heterocycles. The summed E-state index contributed by atoms with van der Waals surface area (Å²) in [5, 5.41) is 0. The highest BCUT2D eigenvalue weighted by atomic mass is 32.2. The second-order valence-corrected chi connectivity index (χ2v) is 7.71. The minimum absolute atomic E-state index is 0.159. The van der Waals surface area contributed by atoms with Gasteiger partial charge in [0.05, 0.1) is 11.8 Å². The van der Waals surface area contributed by atoms with Gasteiger partial charge in [-0.1, -0.05) is 6.07 Å². The quantitative estimate of drug-likeness (QED) is 0.811. The molecule has 1 unspecified atom stereocenters. The standard InChI is InChI=1S/C16H22N2O5S/c1-12-6-3-4-9-18(12)15(19)11-23-16(20)13-7-5-8-14(10-13)17-24(2,21)22/h5,7-8,10,12,17H,3-4,6,9,11H2,1-2H3. The van der Waals surface area contributed by atoms with Crippen LogP contribution in [0.2, 0.25) is 0 Å². The zero-order valence-corrected chi connectivity index (χ0v) is 14.6. The van der Waals surface area contributed by atoms with Crippen molar-refractivity contribution in [2.45, 2.75) is 32.2 Å². The summed E-state index contributed by atoms with van der Waals surface area (Å²) < 4.78 is 29.8. The van der Waals surface area contributed by atoms with Gasteiger partial charge in [0, 0.05) is 18.3 Å². The first kappa shape index (κ1) is 18.3. The number of nitrogens with zero attached hydrogens (tertiary/aromatic N) is 1. The highest BCUT2D eigenvalue weighted by Gasteiger charge is 2.24. The van der Waals surface area contributed by atoms with E-state index in [2.05, 4.69) is 4.72 Å². The number of hydrogen-bond donors (Lipinski definition) is 1. The first-order valence-electron chi connectivity index (χ1n) is 7.81. The van der Waals surface area contributed by atoms with Crippen LogP contribution < -0.4 is 4.72 Å². The predicted octanol–water partition coefficient (Wildman–Crippen LogP) is 1.62. The molecule has 24 heavy (non-hydrogen) atoms. The lowest BCUT2D eigenvalue weighted by atomic mass is 10.0. The molecule has 1 aliphatic heterocycles. The first-order chi connectivity index (χ1) is 11.3. The molecule has 1 amide bonds. The molecule has 0 spiro atoms. The van der Waals surface area contributed by atoms with Crippen LogP contribution in [0, 0.1) is 0 Å². The van der Waals surface area contributed by atoms with Gasteiger partial charge in [-0.15, -0.1) is 0 Å². The molecule has 0 aliphatic carbocycles. The van der Waals surface area contributed by atoms with Crippen molar-refractivity contribution < 1.29 is 22.7 Å². The van der Waals surface area contributed by atoms with E-state index in [4.69, 9.17) is 4.74 Å². The van der Waals surface area contributed by atoms with Crippen LogP contribution in [-0.2, 0) is 19.6 Å². The highest BCUT2D eigenvalue weighted by Crippen LogP contribution is 2.17. The SMILES string of the molecule is CC1CCCCN1C(=O)COC(=O)c1cccc(NS(C)(=O)=O)c1. The second-order valence-electron chi connectivity index (χ2n) is 5.96. The van der Waals surface area contributed by atoms with Crippen LogP contribution in [0.15, 0.2) is 24.3 Å². The number of likely N-dealkylation sites (tertiary alicyclic amines) is 1. The van der Waals surface area contributed by atoms with Crippen LogP contribution in [0.1, 0.15) is 36.5 Å². The third kappa shape index (κ3) is 5.23. The van der Waals surface area contributed by atoms with E-state index < -0.39 is 16.0 Å². The molecule has 0 saturated carbocycles. The van der Waals surface area contributed by atoms with E-state index in [1.54, 1.807) is 11.0 Å². The Hall–Kier alpha value is -2.09. The fourth-order valence-corrected chi connectivity index (χ4v) is 3.24. The minimum atomic E-state index is -3.43. The number of sulfonamides is 1. The van der Waals surface area contributed by atoms with E-state index in [0.717, 1.165) is 25.5 Å². The summed E-state index contributed by atoms with van der Waals surface area (Å²) in [7, 11) is -3.43. The Kier molecular flexibility index (Phi) is 5.82. The van der Waals surface area contributed by atoms with Crippen LogP contribution in [0.4, 0.5) is 5.69 Å². The lowest BCUT2D eigenvalue weighted by Gasteiger charge is -2.33. The van der Waals surface area contributed by atoms with Gasteiger partial charge in [-0.05, 0) is 44.4 Å². The van der Waals surface area contributed by atoms with Crippen LogP contribution in [0.25, 0.3) is 0 Å². The van der Waals surface area contributed by atoms with Crippen LogP contribution >= 0.6 is 0 Å². The number of benzene rings is 1. The van der Waals surface area contributed by atoms with Gasteiger partial charge in [0.25, 0.3) is 5.91 Å². The number of nitrogens with one attached hydrogen (secondary N) is 1. The normalized spacial score (nSPS) is 18.1. The van der Waals surface area contributed by atoms with Gasteiger partial charge in [0.1, 0.15) is 0 Å². The molecule has 1 heterocycles. The first-order valence-corrected chi connectivity index (χ1v) is 9.70. The molecule has 1 aromatic rings. The zero-order valence-electron chi connectivity index (χ0n) is 13.8. The molecule has 132 valence electrons. The molecule has 7 nitrogen and oxygen atoms in total. The van der Waals surface area contributed by atoms with Crippen molar-refractivity contribution in [1.82, 2.24) is 4.90 Å². The Labute approximate surface area is 142 Å². The van der Waals surface area contributed by atoms with Crippen molar-refractivity contribution in [1.29, 1.82) is 0 Å². The minimum Gasteiger partial charge on any atom is -0.452 e. The molecular formula is C16H22N2O5S. The van der Waals surface area contributed by atoms with Crippen molar-refractivity contribution in [2.24, 2.45) is 0 Å². The van der Waals surface area contributed by atoms with Crippen molar-refractivity contribution >= 4 is 27.6 Å². The molecule has 1 aliphatic rings. The number of esters is 1. The van der Waals surface area contributed by atoms with Gasteiger partial charge in [0.2, 0.25) is 10.0 Å². The summed E-state index contributed by atoms with van der Waals surface area (Å²) in [5.41, 5.74) is 0.450. The van der Waals surface area contributed by atoms with Crippen molar-refractivity contribution in [3.05, 3.63) is 29.8 Å². The van der Waals surface area contributed by atoms with Gasteiger partial charge >= 0.3 is 5.97 Å². The van der Waals surface area contributed by atoms with Crippen LogP contribution in [-0.4, -0.2) is 50.6 Å². The van der Waals surface area contributed by atoms with Crippen molar-refractivity contribution in [3.63, 3.8) is 0 Å². The number of carbonyl (C=O) groups is 2. The Bertz CT molecular complexity index is 717. The Morgan fingerprint density at radius 1 is 1.33 bits per heavy atom. The van der Waals surface area contributed by atoms with E-state index in [-0.39, 0.29) is 29.8 Å². The van der Waals surface area contributed by atoms with Gasteiger partial charge in [-0.25, -0.2) is 13.2 Å². The third-order valence-electron chi connectivity index (χ3n) is 3.85. The third-order valence-corrected chi connectivity index (χ3v) is 4.46. The van der Waals surface area contributed by atoms with Gasteiger partial charge in [0.15, 0.2) is 6.61 Å². The molecule has 0 bridgehead atoms. The fourth-order valence-electron chi connectivity index (χ4n) is 2.69. The Morgan fingerprint density at radius 3 is 2.75 bits per heavy atom. The number of ether oxygens (including phenoxy) is 1. The molecule has 8 heteroatoms. The molecule has 2 rings (SSSR count). The molecule has 0 radical (unpaired) electrons. The summed E-state index contributed by atoms with van der Waals surface area (Å²) in [4.78, 5) is 26.0. The molecule has 1 atom stereocenters. The van der Waals surface area contributed by atoms with Crippen LogP contribution in [0.5, 0.6) is 0 Å². The largest absolute Gasteiger partial charge is 0.452 e. The number of piperidine rings is 1. The van der Waals surface area contributed by atoms with Gasteiger partial charge in [-0.2, -0.15) is 0 Å². The second kappa shape index (κ2) is 7.65. The monoisotopic (exact) mass is 354 g/mol. The van der Waals surface area contributed by atoms with E-state index in [9.17, 15) is 18.0 Å². The number of carbonyl (C=O) groups excluding carboxylic acids is 2. The maximum Gasteiger partial charge on any atom is 0.338 e. The topological polar surface area (TPSA) is 92.8 Å². The van der Waals surface area contributed by atoms with E-state index in [1.807, 2.05) is 6.92 Å². The lowest BCUT2D eigenvalue weighted by Crippen LogP contribution is -2.44. The van der Waals surface area contributed by atoms with E-state index in [0.29, 0.717) is 6.54 Å². The number of hydrogen-bond acceptors (Lipinski definition) is 5.